The van der Waals surface area contributed by atoms with Crippen molar-refractivity contribution in [1.29, 1.82) is 0 Å². The Morgan fingerprint density at radius 1 is 1.15 bits per heavy atom. The minimum Gasteiger partial charge on any atom is -0.611 e. The third-order valence-corrected chi connectivity index (χ3v) is 5.28. The topological polar surface area (TPSA) is 65.0 Å². The summed E-state index contributed by atoms with van der Waals surface area (Å²) >= 11 is -2.20. The first kappa shape index (κ1) is 20.1. The van der Waals surface area contributed by atoms with E-state index in [9.17, 15) is 31.3 Å². The van der Waals surface area contributed by atoms with Gasteiger partial charge < -0.3 is 9.87 Å². The zero-order chi connectivity index (χ0) is 19.7. The summed E-state index contributed by atoms with van der Waals surface area (Å²) in [5, 5.41) is 2.24. The summed E-state index contributed by atoms with van der Waals surface area (Å²) in [5.74, 6) is -2.98. The maximum Gasteiger partial charge on any atom is 0.417 e. The number of nitrogens with zero attached hydrogens (tertiary/aromatic N) is 1. The van der Waals surface area contributed by atoms with Crippen LogP contribution in [0.2, 0.25) is 0 Å². The highest BCUT2D eigenvalue weighted by atomic mass is 32.2. The normalized spacial score (nSPS) is 13.4. The van der Waals surface area contributed by atoms with Gasteiger partial charge in [-0.3, -0.25) is 4.79 Å². The van der Waals surface area contributed by atoms with Gasteiger partial charge in [0.05, 0.1) is 5.56 Å². The lowest BCUT2D eigenvalue weighted by atomic mass is 10.2. The van der Waals surface area contributed by atoms with E-state index in [-0.39, 0.29) is 10.7 Å². The van der Waals surface area contributed by atoms with Gasteiger partial charge in [-0.05, 0) is 38.1 Å². The van der Waals surface area contributed by atoms with Crippen LogP contribution in [0.4, 0.5) is 27.8 Å². The zero-order valence-electron chi connectivity index (χ0n) is 13.5. The van der Waals surface area contributed by atoms with E-state index in [0.29, 0.717) is 12.3 Å². The van der Waals surface area contributed by atoms with E-state index in [1.54, 1.807) is 0 Å². The first-order valence-corrected chi connectivity index (χ1v) is 8.29. The number of anilines is 1. The average molecular weight is 392 g/mol. The predicted molar refractivity (Wildman–Crippen MR) is 84.7 cm³/mol. The van der Waals surface area contributed by atoms with Crippen molar-refractivity contribution < 1.29 is 31.3 Å². The molecule has 0 fully saturated rings. The van der Waals surface area contributed by atoms with Crippen LogP contribution in [-0.4, -0.2) is 20.2 Å². The van der Waals surface area contributed by atoms with Crippen molar-refractivity contribution >= 4 is 22.9 Å². The highest BCUT2D eigenvalue weighted by Crippen LogP contribution is 2.30. The van der Waals surface area contributed by atoms with Crippen LogP contribution in [0.3, 0.4) is 0 Å². The number of nitrogens with one attached hydrogen (secondary N) is 1. The molecule has 10 heteroatoms. The number of pyridine rings is 1. The first-order chi connectivity index (χ1) is 11.9. The van der Waals surface area contributed by atoms with Crippen molar-refractivity contribution in [2.24, 2.45) is 0 Å². The molecule has 0 bridgehead atoms. The molecule has 1 amide bonds. The summed E-state index contributed by atoms with van der Waals surface area (Å²) in [7, 11) is 0. The Balaban J connectivity index is 2.19. The minimum absolute atomic E-state index is 0.187. The van der Waals surface area contributed by atoms with Crippen LogP contribution in [-0.2, 0) is 22.1 Å². The van der Waals surface area contributed by atoms with E-state index >= 15 is 0 Å². The summed E-state index contributed by atoms with van der Waals surface area (Å²) in [6, 6.07) is 4.08. The van der Waals surface area contributed by atoms with Crippen LogP contribution in [0.5, 0.6) is 0 Å². The number of aromatic nitrogens is 1. The Kier molecular flexibility index (Phi) is 5.57. The van der Waals surface area contributed by atoms with Gasteiger partial charge in [-0.25, -0.2) is 13.8 Å². The molecule has 0 aliphatic carbocycles. The number of carbonyl (C=O) groups excluding carboxylic acids is 1. The van der Waals surface area contributed by atoms with Gasteiger partial charge in [0.1, 0.15) is 11.6 Å². The molecule has 1 aromatic heterocycles. The molecule has 4 nitrogen and oxygen atoms in total. The second-order valence-corrected chi connectivity index (χ2v) is 7.74. The molecule has 1 unspecified atom stereocenters. The smallest absolute Gasteiger partial charge is 0.417 e. The Bertz CT molecular complexity index is 809. The molecule has 0 spiro atoms. The maximum atomic E-state index is 13.8. The van der Waals surface area contributed by atoms with Crippen molar-refractivity contribution in [2.75, 3.05) is 5.32 Å². The number of benzene rings is 1. The summed E-state index contributed by atoms with van der Waals surface area (Å²) in [4.78, 5) is 15.5. The van der Waals surface area contributed by atoms with E-state index in [4.69, 9.17) is 0 Å². The van der Waals surface area contributed by atoms with Crippen molar-refractivity contribution in [3.8, 4) is 0 Å². The number of alkyl halides is 3. The van der Waals surface area contributed by atoms with Crippen LogP contribution in [0.1, 0.15) is 19.4 Å². The fraction of sp³-hybridized carbons (Fsp3) is 0.250. The predicted octanol–water partition coefficient (Wildman–Crippen LogP) is 3.90. The maximum absolute atomic E-state index is 13.8. The molecule has 0 saturated heterocycles. The highest BCUT2D eigenvalue weighted by molar-refractivity contribution is 7.93. The van der Waals surface area contributed by atoms with Gasteiger partial charge in [0.25, 0.3) is 5.91 Å². The fourth-order valence-corrected chi connectivity index (χ4v) is 3.08. The number of halogens is 5. The standard InChI is InChI=1S/C16H13F5N2O2S/c1-15(2,26(25)12-5-4-10(17)7-11(12)18)14(24)23-13-6-3-9(8-22-13)16(19,20)21/h3-8H,1-2H3,(H,22,23,24). The number of hydrogen-bond donors (Lipinski definition) is 1. The largest absolute Gasteiger partial charge is 0.611 e. The summed E-state index contributed by atoms with van der Waals surface area (Å²) < 4.78 is 75.1. The zero-order valence-corrected chi connectivity index (χ0v) is 14.3. The first-order valence-electron chi connectivity index (χ1n) is 7.14. The Morgan fingerprint density at radius 3 is 2.31 bits per heavy atom. The minimum atomic E-state index is -4.57. The molecule has 0 aliphatic rings. The van der Waals surface area contributed by atoms with E-state index < -0.39 is 45.2 Å². The van der Waals surface area contributed by atoms with E-state index in [1.807, 2.05) is 0 Å². The molecule has 1 aromatic carbocycles. The van der Waals surface area contributed by atoms with E-state index in [1.165, 1.54) is 13.8 Å². The molecule has 1 heterocycles. The molecule has 26 heavy (non-hydrogen) atoms. The van der Waals surface area contributed by atoms with Crippen molar-refractivity contribution in [2.45, 2.75) is 29.7 Å². The molecular weight excluding hydrogens is 379 g/mol. The quantitative estimate of drug-likeness (QED) is 0.634. The molecule has 2 aromatic rings. The van der Waals surface area contributed by atoms with Gasteiger partial charge in [-0.1, -0.05) is 0 Å². The third kappa shape index (κ3) is 4.31. The lowest BCUT2D eigenvalue weighted by molar-refractivity contribution is -0.137. The summed E-state index contributed by atoms with van der Waals surface area (Å²) in [5.41, 5.74) is -0.994. The summed E-state index contributed by atoms with van der Waals surface area (Å²) in [6.45, 7) is 2.51. The molecule has 0 radical (unpaired) electrons. The van der Waals surface area contributed by atoms with Crippen molar-refractivity contribution in [3.05, 3.63) is 53.7 Å². The van der Waals surface area contributed by atoms with Gasteiger partial charge in [0.2, 0.25) is 4.75 Å². The van der Waals surface area contributed by atoms with Crippen LogP contribution in [0.25, 0.3) is 0 Å². The third-order valence-electron chi connectivity index (χ3n) is 3.44. The fourth-order valence-electron chi connectivity index (χ4n) is 1.89. The van der Waals surface area contributed by atoms with E-state index in [0.717, 1.165) is 24.3 Å². The molecule has 2 rings (SSSR count). The van der Waals surface area contributed by atoms with Crippen molar-refractivity contribution in [1.82, 2.24) is 4.98 Å². The molecule has 0 aliphatic heterocycles. The molecular formula is C16H13F5N2O2S. The lowest BCUT2D eigenvalue weighted by Crippen LogP contribution is -2.44. The van der Waals surface area contributed by atoms with Gasteiger partial charge in [-0.15, -0.1) is 0 Å². The van der Waals surface area contributed by atoms with E-state index in [2.05, 4.69) is 10.3 Å². The van der Waals surface area contributed by atoms with Crippen LogP contribution < -0.4 is 5.32 Å². The van der Waals surface area contributed by atoms with Gasteiger partial charge in [-0.2, -0.15) is 13.2 Å². The van der Waals surface area contributed by atoms with Gasteiger partial charge >= 0.3 is 6.18 Å². The lowest BCUT2D eigenvalue weighted by Gasteiger charge is -2.27. The highest BCUT2D eigenvalue weighted by Gasteiger charge is 2.43. The van der Waals surface area contributed by atoms with Crippen LogP contribution in [0.15, 0.2) is 41.4 Å². The monoisotopic (exact) mass is 392 g/mol. The number of carbonyl (C=O) groups is 1. The number of amides is 1. The number of rotatable bonds is 4. The Labute approximate surface area is 148 Å². The van der Waals surface area contributed by atoms with Crippen LogP contribution in [0, 0.1) is 11.6 Å². The SMILES string of the molecule is CC(C)(C(=O)Nc1ccc(C(F)(F)F)cn1)[S+]([O-])c1ccc(F)cc1F. The average Bonchev–Trinajstić information content (AvgIpc) is 2.53. The van der Waals surface area contributed by atoms with Crippen molar-refractivity contribution in [3.63, 3.8) is 0 Å². The Hall–Kier alpha value is -2.20. The molecule has 1 N–H and O–H groups in total. The second kappa shape index (κ2) is 7.20. The molecule has 1 atom stereocenters. The second-order valence-electron chi connectivity index (χ2n) is 5.74. The van der Waals surface area contributed by atoms with Gasteiger partial charge in [0, 0.05) is 23.4 Å². The molecule has 140 valence electrons. The number of hydrogen-bond acceptors (Lipinski definition) is 3. The van der Waals surface area contributed by atoms with Gasteiger partial charge in [0.15, 0.2) is 10.7 Å². The Morgan fingerprint density at radius 2 is 1.81 bits per heavy atom. The van der Waals surface area contributed by atoms with Crippen LogP contribution >= 0.6 is 0 Å². The molecule has 0 saturated carbocycles. The summed E-state index contributed by atoms with van der Waals surface area (Å²) in [6.07, 6.45) is -4.03.